The number of anilines is 1. The molecule has 0 spiro atoms. The molecule has 0 radical (unpaired) electrons. The van der Waals surface area contributed by atoms with Gasteiger partial charge in [0.05, 0.1) is 0 Å². The van der Waals surface area contributed by atoms with Gasteiger partial charge in [-0.05, 0) is 35.3 Å². The fourth-order valence-electron chi connectivity index (χ4n) is 3.61. The van der Waals surface area contributed by atoms with E-state index in [1.54, 1.807) is 0 Å². The van der Waals surface area contributed by atoms with E-state index in [4.69, 9.17) is 12.2 Å². The topological polar surface area (TPSA) is 9.72 Å². The van der Waals surface area contributed by atoms with Crippen LogP contribution in [0.5, 0.6) is 0 Å². The molecular formula is C19H21N3S. The summed E-state index contributed by atoms with van der Waals surface area (Å²) in [6, 6.07) is 21.1. The second-order valence-corrected chi connectivity index (χ2v) is 7.46. The van der Waals surface area contributed by atoms with Gasteiger partial charge < -0.3 is 0 Å². The molecule has 118 valence electrons. The van der Waals surface area contributed by atoms with Gasteiger partial charge in [0, 0.05) is 18.8 Å². The number of fused-ring (bicyclic) bond motifs is 1. The van der Waals surface area contributed by atoms with E-state index >= 15 is 0 Å². The van der Waals surface area contributed by atoms with Gasteiger partial charge in [-0.2, -0.15) is 5.01 Å². The molecule has 0 N–H and O–H groups in total. The molecule has 0 bridgehead atoms. The Labute approximate surface area is 143 Å². The van der Waals surface area contributed by atoms with Crippen LogP contribution in [-0.4, -0.2) is 28.2 Å². The first-order chi connectivity index (χ1) is 11.1. The van der Waals surface area contributed by atoms with Crippen molar-refractivity contribution in [2.75, 3.05) is 18.0 Å². The maximum atomic E-state index is 5.85. The highest BCUT2D eigenvalue weighted by molar-refractivity contribution is 7.80. The molecule has 2 aromatic carbocycles. The zero-order valence-corrected chi connectivity index (χ0v) is 14.3. The third-order valence-electron chi connectivity index (χ3n) is 4.56. The van der Waals surface area contributed by atoms with E-state index < -0.39 is 0 Å². The fourth-order valence-corrected chi connectivity index (χ4v) is 3.99. The van der Waals surface area contributed by atoms with Gasteiger partial charge in [-0.15, -0.1) is 0 Å². The number of hydrazine groups is 1. The lowest BCUT2D eigenvalue weighted by atomic mass is 9.94. The van der Waals surface area contributed by atoms with Crippen molar-refractivity contribution in [2.45, 2.75) is 20.0 Å². The average molecular weight is 323 g/mol. The maximum Gasteiger partial charge on any atom is 0.192 e. The Kier molecular flexibility index (Phi) is 3.39. The Bertz CT molecular complexity index is 714. The summed E-state index contributed by atoms with van der Waals surface area (Å²) in [6.07, 6.45) is 0.132. The number of rotatable bonds is 2. The Morgan fingerprint density at radius 1 is 0.913 bits per heavy atom. The van der Waals surface area contributed by atoms with Crippen LogP contribution in [0.1, 0.15) is 25.6 Å². The fraction of sp³-hybridized carbons (Fsp3) is 0.316. The van der Waals surface area contributed by atoms with Crippen LogP contribution in [0, 0.1) is 5.41 Å². The van der Waals surface area contributed by atoms with Crippen molar-refractivity contribution >= 4 is 23.0 Å². The number of hydrogen-bond acceptors (Lipinski definition) is 2. The maximum absolute atomic E-state index is 5.85. The third kappa shape index (κ3) is 2.42. The highest BCUT2D eigenvalue weighted by Gasteiger charge is 2.50. The summed E-state index contributed by atoms with van der Waals surface area (Å²) in [4.78, 5) is 2.28. The lowest BCUT2D eigenvalue weighted by molar-refractivity contribution is 0.0906. The van der Waals surface area contributed by atoms with Crippen LogP contribution < -0.4 is 4.90 Å². The van der Waals surface area contributed by atoms with Crippen LogP contribution in [0.4, 0.5) is 5.69 Å². The number of thiocarbonyl (C=S) groups is 1. The first kappa shape index (κ1) is 14.7. The van der Waals surface area contributed by atoms with Crippen molar-refractivity contribution < 1.29 is 0 Å². The molecular weight excluding hydrogens is 302 g/mol. The van der Waals surface area contributed by atoms with Crippen molar-refractivity contribution in [1.29, 1.82) is 0 Å². The number of hydrogen-bond donors (Lipinski definition) is 0. The molecule has 2 aromatic rings. The zero-order valence-electron chi connectivity index (χ0n) is 13.5. The zero-order chi connectivity index (χ0) is 16.0. The smallest absolute Gasteiger partial charge is 0.192 e. The Hall–Kier alpha value is -1.91. The lowest BCUT2D eigenvalue weighted by Gasteiger charge is -2.30. The number of nitrogens with zero attached hydrogens (tertiary/aromatic N) is 3. The minimum atomic E-state index is 0.132. The molecule has 2 fully saturated rings. The van der Waals surface area contributed by atoms with Gasteiger partial charge in [0.15, 0.2) is 5.11 Å². The number of para-hydroxylation sites is 1. The molecule has 0 aliphatic carbocycles. The van der Waals surface area contributed by atoms with Crippen molar-refractivity contribution in [3.8, 4) is 0 Å². The molecule has 2 aliphatic heterocycles. The lowest BCUT2D eigenvalue weighted by Crippen LogP contribution is -2.35. The molecule has 1 atom stereocenters. The quantitative estimate of drug-likeness (QED) is 0.771. The van der Waals surface area contributed by atoms with E-state index in [9.17, 15) is 0 Å². The average Bonchev–Trinajstić information content (AvgIpc) is 3.00. The SMILES string of the molecule is CC1(C)CN2C(=S)N(c3ccccc3)[C@H](c3ccccc3)N2C1. The summed E-state index contributed by atoms with van der Waals surface area (Å²) in [5.74, 6) is 0. The van der Waals surface area contributed by atoms with Gasteiger partial charge >= 0.3 is 0 Å². The second-order valence-electron chi connectivity index (χ2n) is 7.09. The number of benzene rings is 2. The molecule has 4 heteroatoms. The molecule has 2 aliphatic rings. The highest BCUT2D eigenvalue weighted by atomic mass is 32.1. The summed E-state index contributed by atoms with van der Waals surface area (Å²) < 4.78 is 0. The van der Waals surface area contributed by atoms with E-state index in [0.717, 1.165) is 23.9 Å². The largest absolute Gasteiger partial charge is 0.296 e. The van der Waals surface area contributed by atoms with Crippen LogP contribution in [0.25, 0.3) is 0 Å². The summed E-state index contributed by atoms with van der Waals surface area (Å²) >= 11 is 5.85. The molecule has 2 saturated heterocycles. The predicted molar refractivity (Wildman–Crippen MR) is 97.9 cm³/mol. The highest BCUT2D eigenvalue weighted by Crippen LogP contribution is 2.44. The van der Waals surface area contributed by atoms with E-state index in [2.05, 4.69) is 83.4 Å². The Morgan fingerprint density at radius 3 is 2.17 bits per heavy atom. The van der Waals surface area contributed by atoms with Gasteiger partial charge in [0.25, 0.3) is 0 Å². The predicted octanol–water partition coefficient (Wildman–Crippen LogP) is 4.05. The van der Waals surface area contributed by atoms with Crippen molar-refractivity contribution in [2.24, 2.45) is 5.41 Å². The Balaban J connectivity index is 1.81. The monoisotopic (exact) mass is 323 g/mol. The normalized spacial score (nSPS) is 23.4. The van der Waals surface area contributed by atoms with Crippen molar-refractivity contribution in [3.63, 3.8) is 0 Å². The molecule has 2 heterocycles. The van der Waals surface area contributed by atoms with Crippen LogP contribution in [0.15, 0.2) is 60.7 Å². The molecule has 0 saturated carbocycles. The molecule has 0 amide bonds. The van der Waals surface area contributed by atoms with Crippen molar-refractivity contribution in [3.05, 3.63) is 66.2 Å². The standard InChI is InChI=1S/C19H21N3S/c1-19(2)13-20-17(15-9-5-3-6-10-15)22(18(23)21(20)14-19)16-11-7-4-8-12-16/h3-12,17H,13-14H2,1-2H3/t17-/m1/s1. The summed E-state index contributed by atoms with van der Waals surface area (Å²) in [7, 11) is 0. The molecule has 4 rings (SSSR count). The van der Waals surface area contributed by atoms with Gasteiger partial charge in [-0.3, -0.25) is 9.91 Å². The van der Waals surface area contributed by atoms with Gasteiger partial charge in [0.1, 0.15) is 6.17 Å². The minimum Gasteiger partial charge on any atom is -0.296 e. The molecule has 3 nitrogen and oxygen atoms in total. The van der Waals surface area contributed by atoms with Crippen LogP contribution in [0.3, 0.4) is 0 Å². The van der Waals surface area contributed by atoms with E-state index in [1.165, 1.54) is 5.56 Å². The Morgan fingerprint density at radius 2 is 1.52 bits per heavy atom. The van der Waals surface area contributed by atoms with Gasteiger partial charge in [-0.25, -0.2) is 0 Å². The van der Waals surface area contributed by atoms with E-state index in [-0.39, 0.29) is 11.6 Å². The molecule has 0 aromatic heterocycles. The first-order valence-corrected chi connectivity index (χ1v) is 8.45. The van der Waals surface area contributed by atoms with E-state index in [1.807, 2.05) is 6.07 Å². The van der Waals surface area contributed by atoms with Crippen LogP contribution in [-0.2, 0) is 0 Å². The summed E-state index contributed by atoms with van der Waals surface area (Å²) in [6.45, 7) is 6.60. The molecule has 23 heavy (non-hydrogen) atoms. The van der Waals surface area contributed by atoms with E-state index in [0.29, 0.717) is 0 Å². The van der Waals surface area contributed by atoms with Gasteiger partial charge in [0.2, 0.25) is 0 Å². The second kappa shape index (κ2) is 5.32. The summed E-state index contributed by atoms with van der Waals surface area (Å²) in [5.41, 5.74) is 2.68. The minimum absolute atomic E-state index is 0.132. The molecule has 0 unspecified atom stereocenters. The van der Waals surface area contributed by atoms with Crippen LogP contribution in [0.2, 0.25) is 0 Å². The third-order valence-corrected chi connectivity index (χ3v) is 4.97. The van der Waals surface area contributed by atoms with Crippen molar-refractivity contribution in [1.82, 2.24) is 10.0 Å². The van der Waals surface area contributed by atoms with Crippen LogP contribution >= 0.6 is 12.2 Å². The summed E-state index contributed by atoms with van der Waals surface area (Å²) in [5, 5.41) is 5.60. The first-order valence-electron chi connectivity index (χ1n) is 8.04. The van der Waals surface area contributed by atoms with Gasteiger partial charge in [-0.1, -0.05) is 62.4 Å².